The van der Waals surface area contributed by atoms with Gasteiger partial charge in [0.15, 0.2) is 0 Å². The molecule has 0 amide bonds. The molecule has 0 aliphatic heterocycles. The number of aromatic nitrogens is 2. The molecule has 5 heteroatoms. The molecule has 0 spiro atoms. The van der Waals surface area contributed by atoms with Crippen molar-refractivity contribution >= 4 is 15.9 Å². The van der Waals surface area contributed by atoms with Gasteiger partial charge in [-0.2, -0.15) is 0 Å². The molecule has 2 rings (SSSR count). The summed E-state index contributed by atoms with van der Waals surface area (Å²) in [7, 11) is 0. The summed E-state index contributed by atoms with van der Waals surface area (Å²) >= 11 is 3.10. The van der Waals surface area contributed by atoms with Gasteiger partial charge in [-0.25, -0.2) is 9.37 Å². The molecule has 2 aromatic rings. The Bertz CT molecular complexity index is 513. The van der Waals surface area contributed by atoms with Crippen LogP contribution in [-0.2, 0) is 13.2 Å². The van der Waals surface area contributed by atoms with E-state index in [1.54, 1.807) is 24.7 Å². The van der Waals surface area contributed by atoms with E-state index >= 15 is 0 Å². The molecule has 1 heterocycles. The number of aryl methyl sites for hydroxylation is 1. The minimum atomic E-state index is -0.327. The van der Waals surface area contributed by atoms with Gasteiger partial charge in [-0.15, -0.1) is 0 Å². The first-order valence-corrected chi connectivity index (χ1v) is 6.07. The summed E-state index contributed by atoms with van der Waals surface area (Å²) in [5.41, 5.74) is 0.968. The molecule has 17 heavy (non-hydrogen) atoms. The van der Waals surface area contributed by atoms with Crippen molar-refractivity contribution in [2.45, 2.75) is 20.1 Å². The molecule has 3 nitrogen and oxygen atoms in total. The monoisotopic (exact) mass is 298 g/mol. The lowest BCUT2D eigenvalue weighted by Crippen LogP contribution is -2.03. The van der Waals surface area contributed by atoms with Crippen LogP contribution < -0.4 is 4.74 Å². The number of hydrogen-bond donors (Lipinski definition) is 0. The fourth-order valence-electron chi connectivity index (χ4n) is 1.48. The van der Waals surface area contributed by atoms with E-state index in [4.69, 9.17) is 4.74 Å². The summed E-state index contributed by atoms with van der Waals surface area (Å²) in [6, 6.07) is 4.71. The molecule has 0 aliphatic carbocycles. The Balaban J connectivity index is 2.05. The van der Waals surface area contributed by atoms with Gasteiger partial charge in [-0.1, -0.05) is 0 Å². The molecule has 0 fully saturated rings. The third kappa shape index (κ3) is 2.85. The maximum absolute atomic E-state index is 13.2. The maximum Gasteiger partial charge on any atom is 0.141 e. The molecule has 1 aromatic heterocycles. The molecule has 90 valence electrons. The first-order chi connectivity index (χ1) is 8.20. The van der Waals surface area contributed by atoms with E-state index in [1.807, 2.05) is 11.5 Å². The average molecular weight is 299 g/mol. The molecule has 0 atom stereocenters. The molecule has 0 saturated carbocycles. The lowest BCUT2D eigenvalue weighted by molar-refractivity contribution is 0.294. The van der Waals surface area contributed by atoms with Crippen molar-refractivity contribution in [1.29, 1.82) is 0 Å². The molecule has 1 aromatic carbocycles. The average Bonchev–Trinajstić information content (AvgIpc) is 2.78. The van der Waals surface area contributed by atoms with Crippen molar-refractivity contribution in [1.82, 2.24) is 9.55 Å². The zero-order chi connectivity index (χ0) is 12.3. The Morgan fingerprint density at radius 3 is 3.00 bits per heavy atom. The molecule has 0 radical (unpaired) electrons. The summed E-state index contributed by atoms with van der Waals surface area (Å²) in [6.07, 6.45) is 3.50. The third-order valence-electron chi connectivity index (χ3n) is 2.42. The molecule has 0 aliphatic rings. The van der Waals surface area contributed by atoms with Crippen LogP contribution in [0.1, 0.15) is 12.6 Å². The van der Waals surface area contributed by atoms with Crippen LogP contribution in [0.3, 0.4) is 0 Å². The summed E-state index contributed by atoms with van der Waals surface area (Å²) < 4.78 is 21.2. The van der Waals surface area contributed by atoms with E-state index in [2.05, 4.69) is 20.9 Å². The van der Waals surface area contributed by atoms with Crippen LogP contribution >= 0.6 is 15.9 Å². The van der Waals surface area contributed by atoms with Crippen molar-refractivity contribution in [2.24, 2.45) is 0 Å². The van der Waals surface area contributed by atoms with Crippen molar-refractivity contribution < 1.29 is 9.13 Å². The zero-order valence-corrected chi connectivity index (χ0v) is 10.9. The van der Waals surface area contributed by atoms with E-state index in [0.717, 1.165) is 12.2 Å². The number of ether oxygens (including phenoxy) is 1. The number of imidazole rings is 1. The normalized spacial score (nSPS) is 10.5. The highest BCUT2D eigenvalue weighted by Gasteiger charge is 2.04. The lowest BCUT2D eigenvalue weighted by Gasteiger charge is -2.08. The van der Waals surface area contributed by atoms with E-state index in [0.29, 0.717) is 16.8 Å². The van der Waals surface area contributed by atoms with Crippen LogP contribution in [-0.4, -0.2) is 9.55 Å². The molecule has 0 saturated heterocycles. The van der Waals surface area contributed by atoms with Crippen molar-refractivity contribution in [3.05, 3.63) is 46.7 Å². The van der Waals surface area contributed by atoms with Gasteiger partial charge < -0.3 is 9.30 Å². The summed E-state index contributed by atoms with van der Waals surface area (Å²) in [6.45, 7) is 3.26. The van der Waals surface area contributed by atoms with Crippen LogP contribution in [0, 0.1) is 5.82 Å². The van der Waals surface area contributed by atoms with Crippen molar-refractivity contribution in [3.8, 4) is 5.75 Å². The second-order valence-corrected chi connectivity index (χ2v) is 4.39. The predicted octanol–water partition coefficient (Wildman–Crippen LogP) is 3.38. The second kappa shape index (κ2) is 5.31. The first-order valence-electron chi connectivity index (χ1n) is 5.27. The van der Waals surface area contributed by atoms with Gasteiger partial charge in [-0.3, -0.25) is 0 Å². The first kappa shape index (κ1) is 12.1. The number of halogens is 2. The fourth-order valence-corrected chi connectivity index (χ4v) is 1.72. The Kier molecular flexibility index (Phi) is 3.78. The molecular formula is C12H12BrFN2O. The number of hydrogen-bond acceptors (Lipinski definition) is 2. The summed E-state index contributed by atoms with van der Waals surface area (Å²) in [5.74, 6) is 0.182. The zero-order valence-electron chi connectivity index (χ0n) is 9.36. The van der Waals surface area contributed by atoms with Crippen LogP contribution in [0.4, 0.5) is 4.39 Å². The van der Waals surface area contributed by atoms with Gasteiger partial charge in [0.1, 0.15) is 18.2 Å². The summed E-state index contributed by atoms with van der Waals surface area (Å²) in [4.78, 5) is 4.04. The Hall–Kier alpha value is -1.36. The van der Waals surface area contributed by atoms with Crippen LogP contribution in [0.25, 0.3) is 0 Å². The van der Waals surface area contributed by atoms with Crippen molar-refractivity contribution in [2.75, 3.05) is 0 Å². The van der Waals surface area contributed by atoms with Gasteiger partial charge >= 0.3 is 0 Å². The number of nitrogens with zero attached hydrogens (tertiary/aromatic N) is 2. The Morgan fingerprint density at radius 1 is 1.47 bits per heavy atom. The lowest BCUT2D eigenvalue weighted by atomic mass is 10.3. The van der Waals surface area contributed by atoms with E-state index in [1.165, 1.54) is 6.07 Å². The van der Waals surface area contributed by atoms with Gasteiger partial charge in [0.05, 0.1) is 22.7 Å². The van der Waals surface area contributed by atoms with E-state index in [9.17, 15) is 4.39 Å². The number of rotatable bonds is 4. The number of benzene rings is 1. The minimum Gasteiger partial charge on any atom is -0.487 e. The maximum atomic E-state index is 13.2. The van der Waals surface area contributed by atoms with Gasteiger partial charge in [-0.05, 0) is 35.0 Å². The smallest absolute Gasteiger partial charge is 0.141 e. The van der Waals surface area contributed by atoms with E-state index < -0.39 is 0 Å². The van der Waals surface area contributed by atoms with Gasteiger partial charge in [0, 0.05) is 12.6 Å². The minimum absolute atomic E-state index is 0.327. The van der Waals surface area contributed by atoms with Crippen molar-refractivity contribution in [3.63, 3.8) is 0 Å². The molecular weight excluding hydrogens is 287 g/mol. The van der Waals surface area contributed by atoms with Gasteiger partial charge in [0.25, 0.3) is 0 Å². The van der Waals surface area contributed by atoms with E-state index in [-0.39, 0.29) is 5.82 Å². The highest BCUT2D eigenvalue weighted by Crippen LogP contribution is 2.21. The van der Waals surface area contributed by atoms with Crippen LogP contribution in [0.5, 0.6) is 5.75 Å². The summed E-state index contributed by atoms with van der Waals surface area (Å²) in [5, 5.41) is 0. The fraction of sp³-hybridized carbons (Fsp3) is 0.250. The standard InChI is InChI=1S/C12H12BrFN2O/c1-2-16-8-15-6-9(16)7-17-10-3-4-11(13)12(14)5-10/h3-6,8H,2,7H2,1H3. The Labute approximate surface area is 107 Å². The third-order valence-corrected chi connectivity index (χ3v) is 3.06. The van der Waals surface area contributed by atoms with Crippen LogP contribution in [0.2, 0.25) is 0 Å². The highest BCUT2D eigenvalue weighted by atomic mass is 79.9. The molecule has 0 unspecified atom stereocenters. The molecule has 0 N–H and O–H groups in total. The van der Waals surface area contributed by atoms with Gasteiger partial charge in [0.2, 0.25) is 0 Å². The quantitative estimate of drug-likeness (QED) is 0.865. The Morgan fingerprint density at radius 2 is 2.29 bits per heavy atom. The highest BCUT2D eigenvalue weighted by molar-refractivity contribution is 9.10. The van der Waals surface area contributed by atoms with Crippen LogP contribution in [0.15, 0.2) is 35.2 Å². The predicted molar refractivity (Wildman–Crippen MR) is 66.3 cm³/mol. The largest absolute Gasteiger partial charge is 0.487 e. The molecule has 0 bridgehead atoms. The second-order valence-electron chi connectivity index (χ2n) is 3.54. The SMILES string of the molecule is CCn1cncc1COc1ccc(Br)c(F)c1. The topological polar surface area (TPSA) is 27.1 Å².